The second kappa shape index (κ2) is 4.83. The molecule has 0 aromatic carbocycles. The van der Waals surface area contributed by atoms with Crippen LogP contribution in [0.15, 0.2) is 0 Å². The van der Waals surface area contributed by atoms with E-state index >= 15 is 0 Å². The molecule has 4 nitrogen and oxygen atoms in total. The maximum Gasteiger partial charge on any atom is 0.142 e. The highest BCUT2D eigenvalue weighted by molar-refractivity contribution is 5.54. The van der Waals surface area contributed by atoms with Crippen LogP contribution in [0.4, 0.5) is 5.82 Å². The van der Waals surface area contributed by atoms with Gasteiger partial charge in [0.15, 0.2) is 0 Å². The zero-order chi connectivity index (χ0) is 11.4. The van der Waals surface area contributed by atoms with Gasteiger partial charge >= 0.3 is 0 Å². The Morgan fingerprint density at radius 2 is 2.20 bits per heavy atom. The molecule has 1 heterocycles. The Labute approximate surface area is 90.9 Å². The van der Waals surface area contributed by atoms with E-state index in [1.807, 2.05) is 14.0 Å². The molecule has 0 amide bonds. The third-order valence-corrected chi connectivity index (χ3v) is 2.35. The average molecular weight is 206 g/mol. The molecule has 0 radical (unpaired) electrons. The molecule has 0 aliphatic heterocycles. The van der Waals surface area contributed by atoms with E-state index in [4.69, 9.17) is 5.26 Å². The summed E-state index contributed by atoms with van der Waals surface area (Å²) in [5.41, 5.74) is 1.44. The Hall–Kier alpha value is -1.50. The first-order valence-electron chi connectivity index (χ1n) is 5.23. The van der Waals surface area contributed by atoms with E-state index in [0.717, 1.165) is 24.5 Å². The van der Waals surface area contributed by atoms with Crippen molar-refractivity contribution in [3.8, 4) is 6.07 Å². The van der Waals surface area contributed by atoms with Crippen molar-refractivity contribution in [3.63, 3.8) is 0 Å². The van der Waals surface area contributed by atoms with Crippen molar-refractivity contribution in [2.24, 2.45) is 13.0 Å². The fourth-order valence-electron chi connectivity index (χ4n) is 1.47. The standard InChI is InChI=1S/C11H18N4/c1-8(2)5-6-13-11-10(7-12)9(3)14-15(11)4/h8,13H,5-6H2,1-4H3. The summed E-state index contributed by atoms with van der Waals surface area (Å²) >= 11 is 0. The van der Waals surface area contributed by atoms with Gasteiger partial charge in [0.05, 0.1) is 5.69 Å². The SMILES string of the molecule is Cc1nn(C)c(NCCC(C)C)c1C#N. The first-order chi connectivity index (χ1) is 7.06. The van der Waals surface area contributed by atoms with Gasteiger partial charge in [-0.15, -0.1) is 0 Å². The molecule has 1 rings (SSSR count). The quantitative estimate of drug-likeness (QED) is 0.820. The summed E-state index contributed by atoms with van der Waals surface area (Å²) in [5.74, 6) is 1.49. The van der Waals surface area contributed by atoms with Crippen molar-refractivity contribution >= 4 is 5.82 Å². The summed E-state index contributed by atoms with van der Waals surface area (Å²) in [6.07, 6.45) is 1.09. The van der Waals surface area contributed by atoms with Gasteiger partial charge in [0, 0.05) is 13.6 Å². The van der Waals surface area contributed by atoms with Crippen LogP contribution in [0.2, 0.25) is 0 Å². The molecular formula is C11H18N4. The lowest BCUT2D eigenvalue weighted by Crippen LogP contribution is -2.09. The summed E-state index contributed by atoms with van der Waals surface area (Å²) in [6, 6.07) is 2.18. The molecule has 1 aromatic heterocycles. The van der Waals surface area contributed by atoms with Crippen LogP contribution >= 0.6 is 0 Å². The highest BCUT2D eigenvalue weighted by Crippen LogP contribution is 2.17. The van der Waals surface area contributed by atoms with Gasteiger partial charge in [0.1, 0.15) is 17.5 Å². The van der Waals surface area contributed by atoms with E-state index in [9.17, 15) is 0 Å². The van der Waals surface area contributed by atoms with Crippen molar-refractivity contribution in [3.05, 3.63) is 11.3 Å². The van der Waals surface area contributed by atoms with Gasteiger partial charge in [-0.1, -0.05) is 13.8 Å². The predicted molar refractivity (Wildman–Crippen MR) is 60.6 cm³/mol. The fourth-order valence-corrected chi connectivity index (χ4v) is 1.47. The largest absolute Gasteiger partial charge is 0.369 e. The number of hydrogen-bond acceptors (Lipinski definition) is 3. The van der Waals surface area contributed by atoms with Gasteiger partial charge in [-0.25, -0.2) is 0 Å². The van der Waals surface area contributed by atoms with E-state index in [1.54, 1.807) is 4.68 Å². The van der Waals surface area contributed by atoms with E-state index < -0.39 is 0 Å². The molecule has 0 saturated carbocycles. The Bertz CT molecular complexity index is 371. The maximum absolute atomic E-state index is 8.98. The maximum atomic E-state index is 8.98. The summed E-state index contributed by atoms with van der Waals surface area (Å²) in [6.45, 7) is 7.10. The number of nitrogens with one attached hydrogen (secondary N) is 1. The lowest BCUT2D eigenvalue weighted by atomic mass is 10.1. The number of rotatable bonds is 4. The van der Waals surface area contributed by atoms with Crippen molar-refractivity contribution in [1.29, 1.82) is 5.26 Å². The molecular weight excluding hydrogens is 188 g/mol. The van der Waals surface area contributed by atoms with E-state index in [2.05, 4.69) is 30.3 Å². The zero-order valence-corrected chi connectivity index (χ0v) is 9.83. The predicted octanol–water partition coefficient (Wildman–Crippen LogP) is 2.06. The summed E-state index contributed by atoms with van der Waals surface area (Å²) < 4.78 is 1.73. The fraction of sp³-hybridized carbons (Fsp3) is 0.636. The molecule has 82 valence electrons. The monoisotopic (exact) mass is 206 g/mol. The lowest BCUT2D eigenvalue weighted by Gasteiger charge is -2.08. The first-order valence-corrected chi connectivity index (χ1v) is 5.23. The second-order valence-corrected chi connectivity index (χ2v) is 4.15. The molecule has 1 N–H and O–H groups in total. The van der Waals surface area contributed by atoms with E-state index in [0.29, 0.717) is 11.5 Å². The molecule has 0 aliphatic carbocycles. The summed E-state index contributed by atoms with van der Waals surface area (Å²) in [5, 5.41) is 16.5. The van der Waals surface area contributed by atoms with Crippen LogP contribution in [0.1, 0.15) is 31.5 Å². The number of anilines is 1. The third-order valence-electron chi connectivity index (χ3n) is 2.35. The highest BCUT2D eigenvalue weighted by Gasteiger charge is 2.11. The highest BCUT2D eigenvalue weighted by atomic mass is 15.3. The molecule has 0 aliphatic rings. The van der Waals surface area contributed by atoms with Crippen LogP contribution in [-0.4, -0.2) is 16.3 Å². The van der Waals surface area contributed by atoms with Crippen LogP contribution in [-0.2, 0) is 7.05 Å². The van der Waals surface area contributed by atoms with Gasteiger partial charge in [-0.05, 0) is 19.3 Å². The molecule has 0 fully saturated rings. The minimum Gasteiger partial charge on any atom is -0.369 e. The molecule has 0 unspecified atom stereocenters. The van der Waals surface area contributed by atoms with Crippen LogP contribution < -0.4 is 5.32 Å². The van der Waals surface area contributed by atoms with Gasteiger partial charge in [0.25, 0.3) is 0 Å². The third kappa shape index (κ3) is 2.72. The van der Waals surface area contributed by atoms with Crippen LogP contribution in [0.5, 0.6) is 0 Å². The minimum atomic E-state index is 0.654. The van der Waals surface area contributed by atoms with Gasteiger partial charge < -0.3 is 5.32 Å². The molecule has 0 saturated heterocycles. The second-order valence-electron chi connectivity index (χ2n) is 4.15. The first kappa shape index (κ1) is 11.6. The Morgan fingerprint density at radius 3 is 2.73 bits per heavy atom. The molecule has 1 aromatic rings. The number of hydrogen-bond donors (Lipinski definition) is 1. The number of aryl methyl sites for hydroxylation is 2. The van der Waals surface area contributed by atoms with Crippen molar-refractivity contribution < 1.29 is 0 Å². The lowest BCUT2D eigenvalue weighted by molar-refractivity contribution is 0.604. The van der Waals surface area contributed by atoms with Gasteiger partial charge in [-0.3, -0.25) is 4.68 Å². The summed E-state index contributed by atoms with van der Waals surface area (Å²) in [4.78, 5) is 0. The van der Waals surface area contributed by atoms with Crippen molar-refractivity contribution in [2.45, 2.75) is 27.2 Å². The van der Waals surface area contributed by atoms with E-state index in [-0.39, 0.29) is 0 Å². The molecule has 0 atom stereocenters. The van der Waals surface area contributed by atoms with Crippen LogP contribution in [0.3, 0.4) is 0 Å². The summed E-state index contributed by atoms with van der Waals surface area (Å²) in [7, 11) is 1.85. The number of nitrogens with zero attached hydrogens (tertiary/aromatic N) is 3. The van der Waals surface area contributed by atoms with Crippen LogP contribution in [0, 0.1) is 24.2 Å². The Kier molecular flexibility index (Phi) is 3.73. The number of aromatic nitrogens is 2. The minimum absolute atomic E-state index is 0.654. The molecule has 0 spiro atoms. The van der Waals surface area contributed by atoms with Crippen LogP contribution in [0.25, 0.3) is 0 Å². The smallest absolute Gasteiger partial charge is 0.142 e. The molecule has 4 heteroatoms. The Balaban J connectivity index is 2.72. The normalized spacial score (nSPS) is 10.4. The topological polar surface area (TPSA) is 53.6 Å². The number of nitriles is 1. The van der Waals surface area contributed by atoms with Gasteiger partial charge in [-0.2, -0.15) is 10.4 Å². The molecule has 15 heavy (non-hydrogen) atoms. The Morgan fingerprint density at radius 1 is 1.53 bits per heavy atom. The van der Waals surface area contributed by atoms with Gasteiger partial charge in [0.2, 0.25) is 0 Å². The zero-order valence-electron chi connectivity index (χ0n) is 9.83. The molecule has 0 bridgehead atoms. The van der Waals surface area contributed by atoms with Crippen molar-refractivity contribution in [2.75, 3.05) is 11.9 Å². The van der Waals surface area contributed by atoms with E-state index in [1.165, 1.54) is 0 Å². The van der Waals surface area contributed by atoms with Crippen molar-refractivity contribution in [1.82, 2.24) is 9.78 Å². The average Bonchev–Trinajstić information content (AvgIpc) is 2.41.